The number of allylic oxidation sites excluding steroid dienone is 4. The Kier molecular flexibility index (Phi) is 3.97. The number of halogens is 2. The Bertz CT molecular complexity index is 1330. The van der Waals surface area contributed by atoms with Gasteiger partial charge in [0.25, 0.3) is 0 Å². The summed E-state index contributed by atoms with van der Waals surface area (Å²) in [5, 5.41) is 4.56. The van der Waals surface area contributed by atoms with E-state index in [0.717, 1.165) is 22.6 Å². The van der Waals surface area contributed by atoms with E-state index in [1.807, 2.05) is 6.07 Å². The fraction of sp³-hybridized carbons (Fsp3) is 0.0952. The highest BCUT2D eigenvalue weighted by Crippen LogP contribution is 2.42. The van der Waals surface area contributed by atoms with Crippen molar-refractivity contribution in [1.29, 1.82) is 0 Å². The number of hydrogen-bond acceptors (Lipinski definition) is 4. The quantitative estimate of drug-likeness (QED) is 0.526. The van der Waals surface area contributed by atoms with E-state index in [4.69, 9.17) is 4.52 Å². The summed E-state index contributed by atoms with van der Waals surface area (Å²) in [6.45, 7) is 0. The molecule has 6 nitrogen and oxygen atoms in total. The standard InChI is InChI=1S/C21H14F2N4O2/c22-17-3-1-2-13(19(17)23)16-10-27-29-20(16)15-9-26-21-14(15)6-12(8-25-21)11-4-5-18(28)24-7-11/h1,3-10,13H,2H2,(H,24,28)(H,25,26). The van der Waals surface area contributed by atoms with Crippen LogP contribution in [0, 0.1) is 0 Å². The molecule has 1 unspecified atom stereocenters. The number of nitrogens with one attached hydrogen (secondary N) is 2. The number of aromatic nitrogens is 4. The van der Waals surface area contributed by atoms with Gasteiger partial charge in [-0.05, 0) is 30.2 Å². The first kappa shape index (κ1) is 17.3. The van der Waals surface area contributed by atoms with Crippen LogP contribution in [0.15, 0.2) is 76.1 Å². The Labute approximate surface area is 162 Å². The summed E-state index contributed by atoms with van der Waals surface area (Å²) in [5.41, 5.74) is 3.11. The third-order valence-corrected chi connectivity index (χ3v) is 5.04. The molecule has 1 atom stereocenters. The van der Waals surface area contributed by atoms with E-state index >= 15 is 0 Å². The number of pyridine rings is 2. The lowest BCUT2D eigenvalue weighted by molar-refractivity contribution is 0.430. The molecule has 1 aliphatic rings. The number of H-pyrrole nitrogens is 2. The lowest BCUT2D eigenvalue weighted by Crippen LogP contribution is -2.03. The second-order valence-corrected chi connectivity index (χ2v) is 6.76. The zero-order valence-electron chi connectivity index (χ0n) is 14.9. The molecule has 0 amide bonds. The molecule has 4 heterocycles. The van der Waals surface area contributed by atoms with Crippen LogP contribution in [-0.4, -0.2) is 20.1 Å². The maximum absolute atomic E-state index is 14.4. The van der Waals surface area contributed by atoms with E-state index in [0.29, 0.717) is 29.0 Å². The van der Waals surface area contributed by atoms with Crippen molar-refractivity contribution in [2.24, 2.45) is 0 Å². The van der Waals surface area contributed by atoms with Gasteiger partial charge in [0.1, 0.15) is 11.5 Å². The normalized spacial score (nSPS) is 16.7. The predicted octanol–water partition coefficient (Wildman–Crippen LogP) is 4.77. The fourth-order valence-corrected chi connectivity index (χ4v) is 3.56. The van der Waals surface area contributed by atoms with Gasteiger partial charge in [-0.15, -0.1) is 0 Å². The smallest absolute Gasteiger partial charge is 0.247 e. The molecule has 0 saturated carbocycles. The Morgan fingerprint density at radius 2 is 2.00 bits per heavy atom. The summed E-state index contributed by atoms with van der Waals surface area (Å²) >= 11 is 0. The molecule has 144 valence electrons. The third kappa shape index (κ3) is 2.89. The highest BCUT2D eigenvalue weighted by Gasteiger charge is 2.28. The Hall–Kier alpha value is -3.81. The van der Waals surface area contributed by atoms with Crippen molar-refractivity contribution in [1.82, 2.24) is 20.1 Å². The van der Waals surface area contributed by atoms with Gasteiger partial charge in [0.2, 0.25) is 5.56 Å². The first-order valence-electron chi connectivity index (χ1n) is 8.94. The number of nitrogens with zero attached hydrogens (tertiary/aromatic N) is 2. The molecular weight excluding hydrogens is 378 g/mol. The molecule has 29 heavy (non-hydrogen) atoms. The molecule has 5 rings (SSSR count). The number of aromatic amines is 2. The maximum Gasteiger partial charge on any atom is 0.247 e. The fourth-order valence-electron chi connectivity index (χ4n) is 3.56. The molecule has 8 heteroatoms. The molecular formula is C21H14F2N4O2. The van der Waals surface area contributed by atoms with Crippen molar-refractivity contribution in [3.8, 4) is 22.5 Å². The highest BCUT2D eigenvalue weighted by atomic mass is 19.2. The second kappa shape index (κ2) is 6.66. The van der Waals surface area contributed by atoms with Gasteiger partial charge in [0.15, 0.2) is 11.6 Å². The molecule has 0 radical (unpaired) electrons. The van der Waals surface area contributed by atoms with Gasteiger partial charge in [-0.2, -0.15) is 0 Å². The van der Waals surface area contributed by atoms with Crippen LogP contribution in [0.5, 0.6) is 0 Å². The van der Waals surface area contributed by atoms with E-state index in [1.165, 1.54) is 12.3 Å². The molecule has 0 aliphatic heterocycles. The van der Waals surface area contributed by atoms with E-state index in [1.54, 1.807) is 30.7 Å². The highest BCUT2D eigenvalue weighted by molar-refractivity contribution is 5.95. The van der Waals surface area contributed by atoms with E-state index in [9.17, 15) is 13.6 Å². The SMILES string of the molecule is O=c1ccc(-c2cnc3[nH]cc(-c4oncc4C4CC=CC(F)=C4F)c3c2)c[nH]1. The molecule has 0 saturated heterocycles. The van der Waals surface area contributed by atoms with Gasteiger partial charge >= 0.3 is 0 Å². The Morgan fingerprint density at radius 1 is 1.10 bits per heavy atom. The molecule has 4 aromatic rings. The van der Waals surface area contributed by atoms with Crippen molar-refractivity contribution < 1.29 is 13.3 Å². The molecule has 4 aromatic heterocycles. The number of hydrogen-bond donors (Lipinski definition) is 2. The van der Waals surface area contributed by atoms with Crippen LogP contribution in [0.3, 0.4) is 0 Å². The van der Waals surface area contributed by atoms with Crippen LogP contribution in [0.4, 0.5) is 8.78 Å². The molecule has 0 bridgehead atoms. The minimum atomic E-state index is -0.880. The summed E-state index contributed by atoms with van der Waals surface area (Å²) in [6, 6.07) is 5.03. The minimum Gasteiger partial charge on any atom is -0.356 e. The number of rotatable bonds is 3. The van der Waals surface area contributed by atoms with Gasteiger partial charge in [-0.25, -0.2) is 13.8 Å². The van der Waals surface area contributed by atoms with Crippen LogP contribution in [0.1, 0.15) is 17.9 Å². The topological polar surface area (TPSA) is 87.6 Å². The van der Waals surface area contributed by atoms with Crippen LogP contribution in [0.2, 0.25) is 0 Å². The molecule has 0 aromatic carbocycles. The molecule has 0 fully saturated rings. The van der Waals surface area contributed by atoms with E-state index < -0.39 is 17.6 Å². The van der Waals surface area contributed by atoms with E-state index in [2.05, 4.69) is 20.1 Å². The zero-order valence-corrected chi connectivity index (χ0v) is 14.9. The first-order valence-corrected chi connectivity index (χ1v) is 8.94. The Morgan fingerprint density at radius 3 is 2.83 bits per heavy atom. The lowest BCUT2D eigenvalue weighted by Gasteiger charge is -2.15. The summed E-state index contributed by atoms with van der Waals surface area (Å²) in [6.07, 6.45) is 9.45. The van der Waals surface area contributed by atoms with Crippen molar-refractivity contribution in [2.75, 3.05) is 0 Å². The molecule has 2 N–H and O–H groups in total. The maximum atomic E-state index is 14.4. The zero-order chi connectivity index (χ0) is 20.0. The summed E-state index contributed by atoms with van der Waals surface area (Å²) in [4.78, 5) is 21.4. The van der Waals surface area contributed by atoms with Crippen molar-refractivity contribution in [2.45, 2.75) is 12.3 Å². The first-order chi connectivity index (χ1) is 14.1. The van der Waals surface area contributed by atoms with Crippen LogP contribution < -0.4 is 5.56 Å². The average molecular weight is 392 g/mol. The summed E-state index contributed by atoms with van der Waals surface area (Å²) in [7, 11) is 0. The average Bonchev–Trinajstić information content (AvgIpc) is 3.36. The number of fused-ring (bicyclic) bond motifs is 1. The Balaban J connectivity index is 1.63. The van der Waals surface area contributed by atoms with Gasteiger partial charge in [-0.1, -0.05) is 11.2 Å². The molecule has 1 aliphatic carbocycles. The van der Waals surface area contributed by atoms with Crippen molar-refractivity contribution >= 4 is 11.0 Å². The van der Waals surface area contributed by atoms with Crippen LogP contribution in [-0.2, 0) is 0 Å². The van der Waals surface area contributed by atoms with Gasteiger partial charge < -0.3 is 14.5 Å². The monoisotopic (exact) mass is 392 g/mol. The van der Waals surface area contributed by atoms with Crippen LogP contribution in [0.25, 0.3) is 33.5 Å². The van der Waals surface area contributed by atoms with Gasteiger partial charge in [-0.3, -0.25) is 4.79 Å². The third-order valence-electron chi connectivity index (χ3n) is 5.04. The van der Waals surface area contributed by atoms with Crippen molar-refractivity contribution in [3.63, 3.8) is 0 Å². The predicted molar refractivity (Wildman–Crippen MR) is 103 cm³/mol. The van der Waals surface area contributed by atoms with Gasteiger partial charge in [0.05, 0.1) is 6.20 Å². The molecule has 0 spiro atoms. The summed E-state index contributed by atoms with van der Waals surface area (Å²) in [5.74, 6) is -2.14. The lowest BCUT2D eigenvalue weighted by atomic mass is 9.90. The van der Waals surface area contributed by atoms with Gasteiger partial charge in [0, 0.05) is 52.7 Å². The van der Waals surface area contributed by atoms with Crippen molar-refractivity contribution in [3.05, 3.63) is 82.7 Å². The van der Waals surface area contributed by atoms with E-state index in [-0.39, 0.29) is 5.56 Å². The van der Waals surface area contributed by atoms with Crippen LogP contribution >= 0.6 is 0 Å². The second-order valence-electron chi connectivity index (χ2n) is 6.76. The largest absolute Gasteiger partial charge is 0.356 e. The minimum absolute atomic E-state index is 0.194. The summed E-state index contributed by atoms with van der Waals surface area (Å²) < 4.78 is 33.6.